The van der Waals surface area contributed by atoms with Crippen LogP contribution in [0.4, 0.5) is 5.69 Å². The lowest BCUT2D eigenvalue weighted by Gasteiger charge is -2.18. The number of rotatable bonds is 4. The van der Waals surface area contributed by atoms with Gasteiger partial charge >= 0.3 is 0 Å². The number of nitrogens with two attached hydrogens (primary N) is 1. The van der Waals surface area contributed by atoms with E-state index in [1.54, 1.807) is 12.1 Å². The average Bonchev–Trinajstić information content (AvgIpc) is 2.83. The van der Waals surface area contributed by atoms with Crippen molar-refractivity contribution in [2.24, 2.45) is 5.73 Å². The number of ketones is 1. The number of anilines is 1. The molecule has 1 aromatic rings. The highest BCUT2D eigenvalue weighted by molar-refractivity contribution is 5.99. The van der Waals surface area contributed by atoms with Crippen LogP contribution in [0.15, 0.2) is 18.2 Å². The molecule has 0 unspecified atom stereocenters. The summed E-state index contributed by atoms with van der Waals surface area (Å²) in [5.74, 6) is -0.0440. The van der Waals surface area contributed by atoms with Gasteiger partial charge in [0, 0.05) is 25.2 Å². The molecule has 0 amide bonds. The van der Waals surface area contributed by atoms with Gasteiger partial charge in [0.05, 0.1) is 5.56 Å². The molecule has 3 N–H and O–H groups in total. The minimum absolute atomic E-state index is 0.0476. The van der Waals surface area contributed by atoms with E-state index in [0.29, 0.717) is 12.1 Å². The second kappa shape index (κ2) is 5.19. The fourth-order valence-electron chi connectivity index (χ4n) is 2.19. The summed E-state index contributed by atoms with van der Waals surface area (Å²) in [5, 5.41) is 9.69. The first-order valence-corrected chi connectivity index (χ1v) is 6.03. The van der Waals surface area contributed by atoms with E-state index < -0.39 is 0 Å². The Hall–Kier alpha value is -1.55. The van der Waals surface area contributed by atoms with Crippen LogP contribution in [0, 0.1) is 0 Å². The molecule has 4 nitrogen and oxygen atoms in total. The van der Waals surface area contributed by atoms with E-state index in [1.165, 1.54) is 12.8 Å². The summed E-state index contributed by atoms with van der Waals surface area (Å²) >= 11 is 0. The molecule has 2 rings (SSSR count). The highest BCUT2D eigenvalue weighted by Crippen LogP contribution is 2.27. The lowest BCUT2D eigenvalue weighted by atomic mass is 10.1. The number of carbonyl (C=O) groups is 1. The third-order valence-corrected chi connectivity index (χ3v) is 3.12. The summed E-state index contributed by atoms with van der Waals surface area (Å²) in [6, 6.07) is 5.23. The van der Waals surface area contributed by atoms with E-state index in [-0.39, 0.29) is 18.0 Å². The maximum absolute atomic E-state index is 11.8. The quantitative estimate of drug-likeness (QED) is 0.775. The van der Waals surface area contributed by atoms with Crippen LogP contribution in [-0.2, 0) is 0 Å². The second-order valence-corrected chi connectivity index (χ2v) is 4.36. The molecule has 1 aliphatic rings. The Morgan fingerprint density at radius 3 is 2.71 bits per heavy atom. The van der Waals surface area contributed by atoms with Crippen molar-refractivity contribution in [1.82, 2.24) is 0 Å². The normalized spacial score (nSPS) is 15.2. The first-order valence-electron chi connectivity index (χ1n) is 6.03. The number of hydrogen-bond acceptors (Lipinski definition) is 4. The summed E-state index contributed by atoms with van der Waals surface area (Å²) < 4.78 is 0. The van der Waals surface area contributed by atoms with Crippen LogP contribution in [0.5, 0.6) is 5.75 Å². The zero-order chi connectivity index (χ0) is 12.3. The number of carbonyl (C=O) groups excluding carboxylic acids is 1. The maximum Gasteiger partial charge on any atom is 0.167 e. The Morgan fingerprint density at radius 2 is 2.06 bits per heavy atom. The summed E-state index contributed by atoms with van der Waals surface area (Å²) in [6.07, 6.45) is 2.65. The van der Waals surface area contributed by atoms with Gasteiger partial charge in [-0.15, -0.1) is 0 Å². The minimum atomic E-state index is -0.0916. The second-order valence-electron chi connectivity index (χ2n) is 4.36. The van der Waals surface area contributed by atoms with Gasteiger partial charge in [-0.25, -0.2) is 0 Å². The van der Waals surface area contributed by atoms with Gasteiger partial charge in [-0.2, -0.15) is 0 Å². The Bertz CT molecular complexity index is 412. The smallest absolute Gasteiger partial charge is 0.167 e. The number of hydrogen-bond donors (Lipinski definition) is 2. The van der Waals surface area contributed by atoms with Gasteiger partial charge in [-0.05, 0) is 37.6 Å². The molecule has 0 saturated carbocycles. The first-order chi connectivity index (χ1) is 8.22. The van der Waals surface area contributed by atoms with Gasteiger partial charge in [0.1, 0.15) is 5.75 Å². The third-order valence-electron chi connectivity index (χ3n) is 3.12. The van der Waals surface area contributed by atoms with E-state index in [9.17, 15) is 9.90 Å². The molecule has 0 radical (unpaired) electrons. The molecule has 92 valence electrons. The Kier molecular flexibility index (Phi) is 3.64. The molecule has 4 heteroatoms. The maximum atomic E-state index is 11.8. The van der Waals surface area contributed by atoms with Crippen molar-refractivity contribution in [2.45, 2.75) is 19.3 Å². The van der Waals surface area contributed by atoms with Gasteiger partial charge in [-0.3, -0.25) is 4.79 Å². The lowest BCUT2D eigenvalue weighted by molar-refractivity contribution is 0.0983. The number of nitrogens with zero attached hydrogens (tertiary/aromatic N) is 1. The van der Waals surface area contributed by atoms with E-state index in [2.05, 4.69) is 4.90 Å². The van der Waals surface area contributed by atoms with Crippen LogP contribution in [0.1, 0.15) is 29.6 Å². The van der Waals surface area contributed by atoms with Crippen LogP contribution in [0.2, 0.25) is 0 Å². The fraction of sp³-hybridized carbons (Fsp3) is 0.462. The number of Topliss-reactive ketones (excluding diaryl/α,β-unsaturated/α-hetero) is 1. The number of phenolic OH excluding ortho intramolecular Hbond substituents is 1. The Balaban J connectivity index is 2.25. The molecule has 0 spiro atoms. The van der Waals surface area contributed by atoms with Gasteiger partial charge in [-0.1, -0.05) is 0 Å². The highest BCUT2D eigenvalue weighted by Gasteiger charge is 2.16. The monoisotopic (exact) mass is 234 g/mol. The molecular formula is C13H18N2O2. The summed E-state index contributed by atoms with van der Waals surface area (Å²) in [5.41, 5.74) is 6.77. The van der Waals surface area contributed by atoms with E-state index in [1.807, 2.05) is 6.07 Å². The van der Waals surface area contributed by atoms with E-state index in [4.69, 9.17) is 5.73 Å². The van der Waals surface area contributed by atoms with Crippen molar-refractivity contribution in [3.05, 3.63) is 23.8 Å². The van der Waals surface area contributed by atoms with Crippen LogP contribution < -0.4 is 10.6 Å². The van der Waals surface area contributed by atoms with Gasteiger partial charge in [0.15, 0.2) is 5.78 Å². The van der Waals surface area contributed by atoms with E-state index >= 15 is 0 Å². The molecule has 0 aliphatic carbocycles. The summed E-state index contributed by atoms with van der Waals surface area (Å²) in [4.78, 5) is 14.0. The van der Waals surface area contributed by atoms with Crippen molar-refractivity contribution in [2.75, 3.05) is 24.5 Å². The van der Waals surface area contributed by atoms with Gasteiger partial charge in [0.25, 0.3) is 0 Å². The molecule has 1 fully saturated rings. The van der Waals surface area contributed by atoms with Gasteiger partial charge < -0.3 is 15.7 Å². The Labute approximate surface area is 101 Å². The topological polar surface area (TPSA) is 66.6 Å². The molecule has 0 aromatic heterocycles. The first kappa shape index (κ1) is 11.9. The Morgan fingerprint density at radius 1 is 1.35 bits per heavy atom. The van der Waals surface area contributed by atoms with Crippen molar-refractivity contribution in [1.29, 1.82) is 0 Å². The molecule has 1 aliphatic heterocycles. The zero-order valence-corrected chi connectivity index (χ0v) is 9.85. The third kappa shape index (κ3) is 2.58. The minimum Gasteiger partial charge on any atom is -0.507 e. The largest absolute Gasteiger partial charge is 0.507 e. The van der Waals surface area contributed by atoms with Crippen molar-refractivity contribution in [3.8, 4) is 5.75 Å². The molecule has 1 heterocycles. The van der Waals surface area contributed by atoms with Crippen LogP contribution in [-0.4, -0.2) is 30.5 Å². The molecule has 1 saturated heterocycles. The standard InChI is InChI=1S/C13H18N2O2/c14-6-5-13(17)11-9-10(3-4-12(11)16)15-7-1-2-8-15/h3-4,9,16H,1-2,5-8,14H2. The van der Waals surface area contributed by atoms with Crippen LogP contribution in [0.3, 0.4) is 0 Å². The van der Waals surface area contributed by atoms with E-state index in [0.717, 1.165) is 18.8 Å². The summed E-state index contributed by atoms with van der Waals surface area (Å²) in [7, 11) is 0. The predicted molar refractivity (Wildman–Crippen MR) is 67.6 cm³/mol. The predicted octanol–water partition coefficient (Wildman–Crippen LogP) is 1.52. The lowest BCUT2D eigenvalue weighted by Crippen LogP contribution is -2.18. The zero-order valence-electron chi connectivity index (χ0n) is 9.85. The van der Waals surface area contributed by atoms with Crippen LogP contribution >= 0.6 is 0 Å². The summed E-state index contributed by atoms with van der Waals surface area (Å²) in [6.45, 7) is 2.36. The average molecular weight is 234 g/mol. The number of phenols is 1. The molecule has 17 heavy (non-hydrogen) atoms. The fourth-order valence-corrected chi connectivity index (χ4v) is 2.19. The molecule has 0 atom stereocenters. The van der Waals surface area contributed by atoms with Crippen molar-refractivity contribution >= 4 is 11.5 Å². The van der Waals surface area contributed by atoms with Crippen molar-refractivity contribution in [3.63, 3.8) is 0 Å². The number of benzene rings is 1. The highest BCUT2D eigenvalue weighted by atomic mass is 16.3. The molecular weight excluding hydrogens is 216 g/mol. The van der Waals surface area contributed by atoms with Crippen LogP contribution in [0.25, 0.3) is 0 Å². The molecule has 0 bridgehead atoms. The molecule has 1 aromatic carbocycles. The van der Waals surface area contributed by atoms with Gasteiger partial charge in [0.2, 0.25) is 0 Å². The SMILES string of the molecule is NCCC(=O)c1cc(N2CCCC2)ccc1O. The number of aromatic hydroxyl groups is 1. The van der Waals surface area contributed by atoms with Crippen molar-refractivity contribution < 1.29 is 9.90 Å².